The van der Waals surface area contributed by atoms with Crippen LogP contribution in [0, 0.1) is 11.8 Å². The third kappa shape index (κ3) is 5.14. The SMILES string of the molecule is CCCCC1CCC(Cc2ccc(C(=O)CCl)cc2)CC1. The van der Waals surface area contributed by atoms with Gasteiger partial charge in [0.1, 0.15) is 0 Å². The summed E-state index contributed by atoms with van der Waals surface area (Å²) < 4.78 is 0. The molecule has 21 heavy (non-hydrogen) atoms. The van der Waals surface area contributed by atoms with Crippen LogP contribution in [-0.2, 0) is 6.42 Å². The first-order valence-electron chi connectivity index (χ1n) is 8.41. The second-order valence-electron chi connectivity index (χ2n) is 6.49. The summed E-state index contributed by atoms with van der Waals surface area (Å²) in [5.41, 5.74) is 2.09. The summed E-state index contributed by atoms with van der Waals surface area (Å²) >= 11 is 5.58. The van der Waals surface area contributed by atoms with Crippen molar-refractivity contribution in [3.8, 4) is 0 Å². The predicted molar refractivity (Wildman–Crippen MR) is 90.2 cm³/mol. The van der Waals surface area contributed by atoms with E-state index >= 15 is 0 Å². The van der Waals surface area contributed by atoms with Gasteiger partial charge >= 0.3 is 0 Å². The van der Waals surface area contributed by atoms with Crippen molar-refractivity contribution >= 4 is 17.4 Å². The molecule has 1 aromatic carbocycles. The Morgan fingerprint density at radius 2 is 1.71 bits per heavy atom. The van der Waals surface area contributed by atoms with Crippen LogP contribution in [0.4, 0.5) is 0 Å². The van der Waals surface area contributed by atoms with Gasteiger partial charge in [0.15, 0.2) is 5.78 Å². The van der Waals surface area contributed by atoms with Crippen LogP contribution in [0.2, 0.25) is 0 Å². The average molecular weight is 307 g/mol. The molecule has 116 valence electrons. The fourth-order valence-electron chi connectivity index (χ4n) is 3.45. The maximum atomic E-state index is 11.5. The summed E-state index contributed by atoms with van der Waals surface area (Å²) in [5.74, 6) is 1.89. The van der Waals surface area contributed by atoms with Crippen LogP contribution >= 0.6 is 11.6 Å². The van der Waals surface area contributed by atoms with E-state index in [1.165, 1.54) is 50.5 Å². The van der Waals surface area contributed by atoms with Crippen LogP contribution in [-0.4, -0.2) is 11.7 Å². The minimum Gasteiger partial charge on any atom is -0.293 e. The molecule has 2 heteroatoms. The molecule has 0 aliphatic heterocycles. The van der Waals surface area contributed by atoms with E-state index in [1.54, 1.807) is 0 Å². The Balaban J connectivity index is 1.79. The van der Waals surface area contributed by atoms with Crippen molar-refractivity contribution in [2.45, 2.75) is 58.3 Å². The molecule has 0 atom stereocenters. The van der Waals surface area contributed by atoms with Gasteiger partial charge in [0.05, 0.1) is 5.88 Å². The minimum absolute atomic E-state index is 0.0136. The third-order valence-corrected chi connectivity index (χ3v) is 5.10. The van der Waals surface area contributed by atoms with Gasteiger partial charge in [-0.05, 0) is 36.7 Å². The number of alkyl halides is 1. The van der Waals surface area contributed by atoms with Gasteiger partial charge in [-0.1, -0.05) is 63.3 Å². The molecule has 2 rings (SSSR count). The van der Waals surface area contributed by atoms with E-state index in [0.717, 1.165) is 23.8 Å². The van der Waals surface area contributed by atoms with Crippen LogP contribution < -0.4 is 0 Å². The smallest absolute Gasteiger partial charge is 0.177 e. The Kier molecular flexibility index (Phi) is 6.76. The van der Waals surface area contributed by atoms with Crippen LogP contribution in [0.1, 0.15) is 67.8 Å². The topological polar surface area (TPSA) is 17.1 Å². The molecule has 0 N–H and O–H groups in total. The van der Waals surface area contributed by atoms with Gasteiger partial charge in [0.2, 0.25) is 0 Å². The minimum atomic E-state index is 0.0136. The molecule has 1 aliphatic rings. The maximum absolute atomic E-state index is 11.5. The van der Waals surface area contributed by atoms with Gasteiger partial charge in [-0.2, -0.15) is 0 Å². The van der Waals surface area contributed by atoms with Gasteiger partial charge < -0.3 is 0 Å². The van der Waals surface area contributed by atoms with Gasteiger partial charge in [0.25, 0.3) is 0 Å². The highest BCUT2D eigenvalue weighted by Gasteiger charge is 2.20. The summed E-state index contributed by atoms with van der Waals surface area (Å²) in [6.45, 7) is 2.28. The summed E-state index contributed by atoms with van der Waals surface area (Å²) in [6.07, 6.45) is 10.9. The highest BCUT2D eigenvalue weighted by atomic mass is 35.5. The standard InChI is InChI=1S/C19H27ClO/c1-2-3-4-15-5-7-16(8-6-15)13-17-9-11-18(12-10-17)19(21)14-20/h9-12,15-16H,2-8,13-14H2,1H3. The van der Waals surface area contributed by atoms with E-state index in [-0.39, 0.29) is 11.7 Å². The van der Waals surface area contributed by atoms with E-state index in [0.29, 0.717) is 0 Å². The highest BCUT2D eigenvalue weighted by molar-refractivity contribution is 6.30. The second kappa shape index (κ2) is 8.58. The van der Waals surface area contributed by atoms with E-state index in [4.69, 9.17) is 11.6 Å². The lowest BCUT2D eigenvalue weighted by Gasteiger charge is -2.28. The van der Waals surface area contributed by atoms with Crippen molar-refractivity contribution in [3.63, 3.8) is 0 Å². The Morgan fingerprint density at radius 3 is 2.29 bits per heavy atom. The van der Waals surface area contributed by atoms with Gasteiger partial charge in [0, 0.05) is 5.56 Å². The molecule has 0 saturated heterocycles. The quantitative estimate of drug-likeness (QED) is 0.470. The van der Waals surface area contributed by atoms with Gasteiger partial charge in [-0.15, -0.1) is 11.6 Å². The molecule has 0 unspecified atom stereocenters. The van der Waals surface area contributed by atoms with Crippen molar-refractivity contribution < 1.29 is 4.79 Å². The largest absolute Gasteiger partial charge is 0.293 e. The zero-order valence-corrected chi connectivity index (χ0v) is 13.9. The first kappa shape index (κ1) is 16.5. The van der Waals surface area contributed by atoms with Gasteiger partial charge in [-0.25, -0.2) is 0 Å². The monoisotopic (exact) mass is 306 g/mol. The maximum Gasteiger partial charge on any atom is 0.177 e. The molecule has 1 nitrogen and oxygen atoms in total. The summed E-state index contributed by atoms with van der Waals surface area (Å²) in [7, 11) is 0. The number of Topliss-reactive ketones (excluding diaryl/α,β-unsaturated/α-hetero) is 1. The van der Waals surface area contributed by atoms with E-state index < -0.39 is 0 Å². The number of halogens is 1. The molecule has 0 aromatic heterocycles. The molecule has 1 fully saturated rings. The Morgan fingerprint density at radius 1 is 1.10 bits per heavy atom. The fourth-order valence-corrected chi connectivity index (χ4v) is 3.61. The lowest BCUT2D eigenvalue weighted by atomic mass is 9.77. The number of ketones is 1. The van der Waals surface area contributed by atoms with Gasteiger partial charge in [-0.3, -0.25) is 4.79 Å². The average Bonchev–Trinajstić information content (AvgIpc) is 2.54. The third-order valence-electron chi connectivity index (χ3n) is 4.85. The number of rotatable bonds is 7. The number of hydrogen-bond acceptors (Lipinski definition) is 1. The molecular weight excluding hydrogens is 280 g/mol. The number of benzene rings is 1. The molecule has 1 aliphatic carbocycles. The first-order chi connectivity index (χ1) is 10.2. The van der Waals surface area contributed by atoms with Crippen molar-refractivity contribution in [1.82, 2.24) is 0 Å². The summed E-state index contributed by atoms with van der Waals surface area (Å²) in [5, 5.41) is 0. The van der Waals surface area contributed by atoms with Crippen molar-refractivity contribution in [1.29, 1.82) is 0 Å². The Hall–Kier alpha value is -0.820. The first-order valence-corrected chi connectivity index (χ1v) is 8.94. The lowest BCUT2D eigenvalue weighted by molar-refractivity contribution is 0.102. The fraction of sp³-hybridized carbons (Fsp3) is 0.632. The van der Waals surface area contributed by atoms with E-state index in [1.807, 2.05) is 12.1 Å². The van der Waals surface area contributed by atoms with Crippen LogP contribution in [0.3, 0.4) is 0 Å². The molecule has 0 spiro atoms. The molecule has 0 heterocycles. The zero-order valence-electron chi connectivity index (χ0n) is 13.1. The van der Waals surface area contributed by atoms with E-state index in [2.05, 4.69) is 19.1 Å². The summed E-state index contributed by atoms with van der Waals surface area (Å²) in [6, 6.07) is 8.05. The second-order valence-corrected chi connectivity index (χ2v) is 6.75. The zero-order chi connectivity index (χ0) is 15.1. The van der Waals surface area contributed by atoms with E-state index in [9.17, 15) is 4.79 Å². The van der Waals surface area contributed by atoms with Crippen molar-refractivity contribution in [2.75, 3.05) is 5.88 Å². The Bertz CT molecular complexity index is 429. The molecular formula is C19H27ClO. The highest BCUT2D eigenvalue weighted by Crippen LogP contribution is 2.33. The summed E-state index contributed by atoms with van der Waals surface area (Å²) in [4.78, 5) is 11.5. The lowest BCUT2D eigenvalue weighted by Crippen LogP contribution is -2.16. The van der Waals surface area contributed by atoms with Crippen molar-refractivity contribution in [2.24, 2.45) is 11.8 Å². The Labute approximate surface area is 134 Å². The normalized spacial score (nSPS) is 22.2. The number of unbranched alkanes of at least 4 members (excludes halogenated alkanes) is 1. The van der Waals surface area contributed by atoms with Crippen LogP contribution in [0.25, 0.3) is 0 Å². The molecule has 0 amide bonds. The van der Waals surface area contributed by atoms with Crippen LogP contribution in [0.15, 0.2) is 24.3 Å². The molecule has 1 saturated carbocycles. The van der Waals surface area contributed by atoms with Crippen molar-refractivity contribution in [3.05, 3.63) is 35.4 Å². The molecule has 0 radical (unpaired) electrons. The number of carbonyl (C=O) groups excluding carboxylic acids is 1. The van der Waals surface area contributed by atoms with Crippen LogP contribution in [0.5, 0.6) is 0 Å². The number of hydrogen-bond donors (Lipinski definition) is 0. The molecule has 1 aromatic rings. The number of carbonyl (C=O) groups is 1. The molecule has 0 bridgehead atoms. The predicted octanol–water partition coefficient (Wildman–Crippen LogP) is 5.65.